The average molecular weight is 949 g/mol. The molecule has 0 radical (unpaired) electrons. The summed E-state index contributed by atoms with van der Waals surface area (Å²) in [5, 5.41) is 12.8. The van der Waals surface area contributed by atoms with Gasteiger partial charge < -0.3 is 5.11 Å². The molecule has 0 atom stereocenters. The molecule has 10 rings (SSSR count). The van der Waals surface area contributed by atoms with Gasteiger partial charge in [-0.25, -0.2) is 4.98 Å². The van der Waals surface area contributed by atoms with Crippen LogP contribution in [0.1, 0.15) is 102 Å². The number of pyridine rings is 1. The lowest BCUT2D eigenvalue weighted by Crippen LogP contribution is -2.17. The molecular weight excluding hydrogens is 875 g/mol. The van der Waals surface area contributed by atoms with E-state index in [4.69, 9.17) is 22.3 Å². The Morgan fingerprint density at radius 1 is 0.472 bits per heavy atom. The SMILES string of the molecule is [2H]C([2H])([2H])C(c1ccc(-c2ccc(-n3c(-c4cc(C(C)(C)C)cc(C(C)(C)C)c4O)nc4c(-c5cc(-c6ccccc6)cc(-c6ncc(C)c(-c7ccccc7)c6C)c5)cccc43)c(-c3ccccc3)c2)cc1)(C([2H])([2H])[2H])C([2H])([2H])[2H]. The predicted octanol–water partition coefficient (Wildman–Crippen LogP) is 18.3. The van der Waals surface area contributed by atoms with Crippen molar-refractivity contribution in [2.75, 3.05) is 0 Å². The summed E-state index contributed by atoms with van der Waals surface area (Å²) in [6.07, 6.45) is 1.95. The zero-order valence-corrected chi connectivity index (χ0v) is 42.2. The summed E-state index contributed by atoms with van der Waals surface area (Å²) in [6, 6.07) is 59.3. The average Bonchev–Trinajstić information content (AvgIpc) is 3.85. The Kier molecular flexibility index (Phi) is 9.70. The minimum Gasteiger partial charge on any atom is -0.507 e. The summed E-state index contributed by atoms with van der Waals surface area (Å²) in [6.45, 7) is 6.82. The number of imidazole rings is 1. The van der Waals surface area contributed by atoms with E-state index in [1.165, 1.54) is 12.1 Å². The molecule has 0 amide bonds. The zero-order valence-electron chi connectivity index (χ0n) is 51.2. The Morgan fingerprint density at radius 2 is 1.07 bits per heavy atom. The number of aryl methyl sites for hydroxylation is 1. The summed E-state index contributed by atoms with van der Waals surface area (Å²) < 4.78 is 77.2. The molecule has 1 N–H and O–H groups in total. The number of aromatic nitrogens is 3. The van der Waals surface area contributed by atoms with Crippen molar-refractivity contribution in [1.29, 1.82) is 0 Å². The van der Waals surface area contributed by atoms with Gasteiger partial charge in [-0.15, -0.1) is 0 Å². The van der Waals surface area contributed by atoms with E-state index in [1.807, 2.05) is 85.1 Å². The molecule has 0 saturated carbocycles. The van der Waals surface area contributed by atoms with Crippen LogP contribution in [-0.2, 0) is 16.2 Å². The van der Waals surface area contributed by atoms with E-state index in [0.29, 0.717) is 28.0 Å². The van der Waals surface area contributed by atoms with Crippen molar-refractivity contribution >= 4 is 11.0 Å². The van der Waals surface area contributed by atoms with Gasteiger partial charge in [0.2, 0.25) is 0 Å². The fourth-order valence-corrected chi connectivity index (χ4v) is 10.0. The minimum atomic E-state index is -3.40. The number of para-hydroxylation sites is 1. The summed E-state index contributed by atoms with van der Waals surface area (Å²) in [4.78, 5) is 10.8. The number of nitrogens with zero attached hydrogens (tertiary/aromatic N) is 3. The third kappa shape index (κ3) is 9.07. The Bertz CT molecular complexity index is 3940. The van der Waals surface area contributed by atoms with E-state index in [-0.39, 0.29) is 16.7 Å². The number of phenols is 1. The molecule has 0 fully saturated rings. The molecule has 0 aliphatic rings. The fraction of sp³-hybridized carbons (Fsp3) is 0.206. The fourth-order valence-electron chi connectivity index (χ4n) is 10.0. The van der Waals surface area contributed by atoms with Gasteiger partial charge in [0, 0.05) is 40.8 Å². The number of fused-ring (bicyclic) bond motifs is 1. The number of benzene rings is 8. The van der Waals surface area contributed by atoms with E-state index in [0.717, 1.165) is 89.2 Å². The highest BCUT2D eigenvalue weighted by atomic mass is 16.3. The second kappa shape index (κ2) is 18.4. The molecule has 0 aliphatic carbocycles. The molecule has 0 spiro atoms. The highest BCUT2D eigenvalue weighted by Crippen LogP contribution is 2.47. The van der Waals surface area contributed by atoms with Crippen LogP contribution in [0.3, 0.4) is 0 Å². The third-order valence-corrected chi connectivity index (χ3v) is 13.9. The first-order valence-electron chi connectivity index (χ1n) is 29.0. The van der Waals surface area contributed by atoms with Crippen LogP contribution in [0.5, 0.6) is 5.75 Å². The van der Waals surface area contributed by atoms with Crippen molar-refractivity contribution in [1.82, 2.24) is 14.5 Å². The maximum Gasteiger partial charge on any atom is 0.149 e. The summed E-state index contributed by atoms with van der Waals surface area (Å²) in [5.74, 6) is 0.636. The largest absolute Gasteiger partial charge is 0.507 e. The van der Waals surface area contributed by atoms with Crippen LogP contribution in [0, 0.1) is 13.8 Å². The van der Waals surface area contributed by atoms with E-state index in [9.17, 15) is 5.11 Å². The number of hydrogen-bond donors (Lipinski definition) is 1. The van der Waals surface area contributed by atoms with Crippen LogP contribution < -0.4 is 0 Å². The maximum absolute atomic E-state index is 12.8. The van der Waals surface area contributed by atoms with Crippen LogP contribution in [0.4, 0.5) is 0 Å². The van der Waals surface area contributed by atoms with Crippen molar-refractivity contribution in [3.63, 3.8) is 0 Å². The molecule has 4 heteroatoms. The Morgan fingerprint density at radius 3 is 1.71 bits per heavy atom. The van der Waals surface area contributed by atoms with Crippen molar-refractivity contribution < 1.29 is 17.4 Å². The number of aromatic hydroxyl groups is 1. The van der Waals surface area contributed by atoms with Crippen LogP contribution in [0.15, 0.2) is 188 Å². The van der Waals surface area contributed by atoms with Crippen LogP contribution >= 0.6 is 0 Å². The van der Waals surface area contributed by atoms with E-state index >= 15 is 0 Å². The van der Waals surface area contributed by atoms with Gasteiger partial charge >= 0.3 is 0 Å². The van der Waals surface area contributed by atoms with Crippen LogP contribution in [0.2, 0.25) is 0 Å². The number of phenolic OH excluding ortho intramolecular Hbond substituents is 1. The van der Waals surface area contributed by atoms with Gasteiger partial charge in [-0.3, -0.25) is 9.55 Å². The Labute approximate surface area is 439 Å². The molecule has 72 heavy (non-hydrogen) atoms. The topological polar surface area (TPSA) is 50.9 Å². The second-order valence-corrected chi connectivity index (χ2v) is 21.1. The molecule has 0 unspecified atom stereocenters. The van der Waals surface area contributed by atoms with Crippen molar-refractivity contribution in [3.8, 4) is 89.7 Å². The Hall–Kier alpha value is -7.82. The molecule has 0 bridgehead atoms. The van der Waals surface area contributed by atoms with E-state index in [2.05, 4.69) is 139 Å². The molecule has 4 nitrogen and oxygen atoms in total. The monoisotopic (exact) mass is 949 g/mol. The summed E-state index contributed by atoms with van der Waals surface area (Å²) >= 11 is 0. The van der Waals surface area contributed by atoms with Gasteiger partial charge in [0.25, 0.3) is 0 Å². The van der Waals surface area contributed by atoms with Gasteiger partial charge in [0.1, 0.15) is 11.6 Å². The molecule has 2 heterocycles. The quantitative estimate of drug-likeness (QED) is 0.165. The van der Waals surface area contributed by atoms with Crippen molar-refractivity contribution in [2.45, 2.75) is 92.2 Å². The lowest BCUT2D eigenvalue weighted by atomic mass is 9.79. The first-order chi connectivity index (χ1) is 38.1. The first-order valence-corrected chi connectivity index (χ1v) is 24.5. The van der Waals surface area contributed by atoms with Gasteiger partial charge in [-0.1, -0.05) is 202 Å². The van der Waals surface area contributed by atoms with Crippen LogP contribution in [0.25, 0.3) is 95.0 Å². The van der Waals surface area contributed by atoms with Crippen molar-refractivity contribution in [2.24, 2.45) is 0 Å². The maximum atomic E-state index is 12.8. The molecule has 0 saturated heterocycles. The second-order valence-electron chi connectivity index (χ2n) is 21.1. The standard InChI is InChI=1S/C68H65N3O/c1-43-42-69-62(44(2)61(43)48-26-19-14-20-27-48)52-37-50(45-22-15-12-16-23-45)36-51(38-52)55-28-21-29-60-63(55)70-65(57-40-54(67(6,7)8)41-58(64(57)72)68(9,10)11)71(60)59-35-32-49(39-56(59)47-24-17-13-18-25-47)46-30-33-53(34-31-46)66(3,4)5/h12-42,72H,1-11H3/i3D3,4D3,5D3. The molecule has 8 aromatic carbocycles. The van der Waals surface area contributed by atoms with Crippen LogP contribution in [-0.4, -0.2) is 19.6 Å². The lowest BCUT2D eigenvalue weighted by Gasteiger charge is -2.27. The lowest BCUT2D eigenvalue weighted by molar-refractivity contribution is 0.446. The highest BCUT2D eigenvalue weighted by molar-refractivity contribution is 5.99. The smallest absolute Gasteiger partial charge is 0.149 e. The van der Waals surface area contributed by atoms with Gasteiger partial charge in [0.15, 0.2) is 0 Å². The molecule has 2 aromatic heterocycles. The predicted molar refractivity (Wildman–Crippen MR) is 304 cm³/mol. The Balaban J connectivity index is 1.26. The van der Waals surface area contributed by atoms with Crippen molar-refractivity contribution in [3.05, 3.63) is 216 Å². The summed E-state index contributed by atoms with van der Waals surface area (Å²) in [5.41, 5.74) is 13.3. The van der Waals surface area contributed by atoms with Gasteiger partial charge in [0.05, 0.1) is 28.0 Å². The van der Waals surface area contributed by atoms with Gasteiger partial charge in [-0.05, 0) is 139 Å². The molecule has 10 aromatic rings. The highest BCUT2D eigenvalue weighted by Gasteiger charge is 2.30. The zero-order chi connectivity index (χ0) is 58.2. The molecule has 0 aliphatic heterocycles. The van der Waals surface area contributed by atoms with Gasteiger partial charge in [-0.2, -0.15) is 0 Å². The summed E-state index contributed by atoms with van der Waals surface area (Å²) in [7, 11) is 0. The molecule has 358 valence electrons. The number of rotatable bonds is 8. The van der Waals surface area contributed by atoms with E-state index in [1.54, 1.807) is 12.1 Å². The number of hydrogen-bond acceptors (Lipinski definition) is 3. The first kappa shape index (κ1) is 37.9. The minimum absolute atomic E-state index is 0.123. The third-order valence-electron chi connectivity index (χ3n) is 13.9. The molecular formula is C68H65N3O. The normalized spacial score (nSPS) is 14.5. The van der Waals surface area contributed by atoms with E-state index < -0.39 is 31.4 Å².